The Labute approximate surface area is 135 Å². The molecule has 0 aliphatic rings. The fraction of sp³-hybridized carbons (Fsp3) is 0.214. The first-order chi connectivity index (χ1) is 11.2. The molecule has 0 saturated carbocycles. The second-order valence-electron chi connectivity index (χ2n) is 4.61. The number of nitrogens with zero attached hydrogens (tertiary/aromatic N) is 4. The van der Waals surface area contributed by atoms with Crippen molar-refractivity contribution in [3.8, 4) is 5.75 Å². The second-order valence-corrected chi connectivity index (χ2v) is 5.17. The van der Waals surface area contributed by atoms with Crippen molar-refractivity contribution in [2.75, 3.05) is 7.11 Å². The first kappa shape index (κ1) is 15.1. The fourth-order valence-electron chi connectivity index (χ4n) is 2.09. The largest absolute Gasteiger partial charge is 0.496 e. The SMILES string of the molecule is COc1ccccc1[C@@H](NC(=O)c1cnsn1)c1noc(C)n1. The van der Waals surface area contributed by atoms with Gasteiger partial charge in [-0.05, 0) is 6.07 Å². The zero-order chi connectivity index (χ0) is 16.2. The van der Waals surface area contributed by atoms with E-state index in [-0.39, 0.29) is 11.6 Å². The maximum Gasteiger partial charge on any atom is 0.273 e. The van der Waals surface area contributed by atoms with Crippen LogP contribution in [0.4, 0.5) is 0 Å². The molecule has 0 aliphatic carbocycles. The molecule has 118 valence electrons. The second kappa shape index (κ2) is 6.53. The molecule has 3 rings (SSSR count). The van der Waals surface area contributed by atoms with E-state index in [9.17, 15) is 4.79 Å². The number of aryl methyl sites for hydroxylation is 1. The number of para-hydroxylation sites is 1. The van der Waals surface area contributed by atoms with Crippen molar-refractivity contribution in [3.05, 3.63) is 53.4 Å². The van der Waals surface area contributed by atoms with Gasteiger partial charge in [0.05, 0.1) is 25.0 Å². The highest BCUT2D eigenvalue weighted by atomic mass is 32.1. The van der Waals surface area contributed by atoms with Gasteiger partial charge in [-0.3, -0.25) is 4.79 Å². The minimum atomic E-state index is -0.627. The number of rotatable bonds is 5. The van der Waals surface area contributed by atoms with Crippen LogP contribution < -0.4 is 10.1 Å². The molecule has 0 aliphatic heterocycles. The average Bonchev–Trinajstić information content (AvgIpc) is 3.24. The molecule has 23 heavy (non-hydrogen) atoms. The lowest BCUT2D eigenvalue weighted by Gasteiger charge is -2.17. The molecule has 1 aromatic carbocycles. The molecule has 1 atom stereocenters. The van der Waals surface area contributed by atoms with Crippen molar-refractivity contribution in [1.82, 2.24) is 24.2 Å². The summed E-state index contributed by atoms with van der Waals surface area (Å²) in [7, 11) is 1.56. The van der Waals surface area contributed by atoms with E-state index in [2.05, 4.69) is 24.2 Å². The van der Waals surface area contributed by atoms with Gasteiger partial charge in [0.2, 0.25) is 5.89 Å². The summed E-state index contributed by atoms with van der Waals surface area (Å²) >= 11 is 0.963. The number of nitrogens with one attached hydrogen (secondary N) is 1. The zero-order valence-corrected chi connectivity index (χ0v) is 13.2. The third-order valence-electron chi connectivity index (χ3n) is 3.12. The molecule has 0 spiro atoms. The van der Waals surface area contributed by atoms with Gasteiger partial charge in [-0.2, -0.15) is 13.7 Å². The van der Waals surface area contributed by atoms with E-state index in [4.69, 9.17) is 9.26 Å². The van der Waals surface area contributed by atoms with Crippen molar-refractivity contribution in [2.45, 2.75) is 13.0 Å². The molecule has 0 bridgehead atoms. The normalized spacial score (nSPS) is 11.9. The smallest absolute Gasteiger partial charge is 0.273 e. The fourth-order valence-corrected chi connectivity index (χ4v) is 2.50. The molecule has 0 radical (unpaired) electrons. The summed E-state index contributed by atoms with van der Waals surface area (Å²) in [4.78, 5) is 16.6. The topological polar surface area (TPSA) is 103 Å². The highest BCUT2D eigenvalue weighted by molar-refractivity contribution is 6.99. The Morgan fingerprint density at radius 1 is 1.39 bits per heavy atom. The Balaban J connectivity index is 1.99. The van der Waals surface area contributed by atoms with Crippen LogP contribution in [0.3, 0.4) is 0 Å². The summed E-state index contributed by atoms with van der Waals surface area (Å²) < 4.78 is 18.2. The van der Waals surface area contributed by atoms with E-state index in [0.29, 0.717) is 23.0 Å². The number of carbonyl (C=O) groups excluding carboxylic acids is 1. The van der Waals surface area contributed by atoms with Gasteiger partial charge in [0.15, 0.2) is 11.5 Å². The monoisotopic (exact) mass is 331 g/mol. The molecule has 3 aromatic rings. The van der Waals surface area contributed by atoms with E-state index >= 15 is 0 Å². The van der Waals surface area contributed by atoms with Gasteiger partial charge in [-0.15, -0.1) is 0 Å². The van der Waals surface area contributed by atoms with E-state index in [1.165, 1.54) is 6.20 Å². The van der Waals surface area contributed by atoms with Crippen molar-refractivity contribution in [3.63, 3.8) is 0 Å². The molecule has 0 fully saturated rings. The summed E-state index contributed by atoms with van der Waals surface area (Å²) in [6.45, 7) is 1.68. The predicted octanol–water partition coefficient (Wildman–Crippen LogP) is 1.76. The van der Waals surface area contributed by atoms with Crippen LogP contribution >= 0.6 is 11.7 Å². The summed E-state index contributed by atoms with van der Waals surface area (Å²) in [5, 5.41) is 6.75. The molecule has 2 aromatic heterocycles. The summed E-state index contributed by atoms with van der Waals surface area (Å²) in [5.41, 5.74) is 0.947. The maximum absolute atomic E-state index is 12.3. The van der Waals surface area contributed by atoms with Crippen molar-refractivity contribution >= 4 is 17.6 Å². The highest BCUT2D eigenvalue weighted by Gasteiger charge is 2.26. The minimum Gasteiger partial charge on any atom is -0.496 e. The van der Waals surface area contributed by atoms with Crippen LogP contribution in [0, 0.1) is 6.92 Å². The Hall–Kier alpha value is -2.81. The predicted molar refractivity (Wildman–Crippen MR) is 81.2 cm³/mol. The Bertz CT molecular complexity index is 802. The van der Waals surface area contributed by atoms with Crippen LogP contribution in [-0.2, 0) is 0 Å². The third-order valence-corrected chi connectivity index (χ3v) is 3.60. The quantitative estimate of drug-likeness (QED) is 0.759. The standard InChI is InChI=1S/C14H13N5O3S/c1-8-16-13(18-22-8)12(9-5-3-4-6-11(9)21-2)17-14(20)10-7-15-23-19-10/h3-7,12H,1-2H3,(H,17,20)/t12-/m1/s1. The first-order valence-electron chi connectivity index (χ1n) is 6.70. The van der Waals surface area contributed by atoms with Crippen LogP contribution in [0.1, 0.15) is 33.8 Å². The average molecular weight is 331 g/mol. The van der Waals surface area contributed by atoms with E-state index < -0.39 is 6.04 Å². The number of ether oxygens (including phenoxy) is 1. The number of benzene rings is 1. The minimum absolute atomic E-state index is 0.232. The molecule has 9 heteroatoms. The number of hydrogen-bond acceptors (Lipinski definition) is 8. The van der Waals surface area contributed by atoms with E-state index in [1.54, 1.807) is 20.1 Å². The molecule has 1 amide bonds. The number of amides is 1. The molecular formula is C14H13N5O3S. The van der Waals surface area contributed by atoms with Gasteiger partial charge >= 0.3 is 0 Å². The first-order valence-corrected chi connectivity index (χ1v) is 7.43. The van der Waals surface area contributed by atoms with Crippen LogP contribution in [0.15, 0.2) is 35.0 Å². The number of aromatic nitrogens is 4. The molecule has 0 saturated heterocycles. The Kier molecular flexibility index (Phi) is 4.29. The van der Waals surface area contributed by atoms with Crippen molar-refractivity contribution < 1.29 is 14.1 Å². The molecule has 2 heterocycles. The molecular weight excluding hydrogens is 318 g/mol. The Morgan fingerprint density at radius 2 is 2.22 bits per heavy atom. The summed E-state index contributed by atoms with van der Waals surface area (Å²) in [6, 6.07) is 6.68. The lowest BCUT2D eigenvalue weighted by Crippen LogP contribution is -2.30. The van der Waals surface area contributed by atoms with Gasteiger partial charge in [0.25, 0.3) is 5.91 Å². The van der Waals surface area contributed by atoms with Gasteiger partial charge < -0.3 is 14.6 Å². The molecule has 1 N–H and O–H groups in total. The summed E-state index contributed by atoms with van der Waals surface area (Å²) in [6.07, 6.45) is 1.40. The number of carbonyl (C=O) groups is 1. The highest BCUT2D eigenvalue weighted by Crippen LogP contribution is 2.28. The van der Waals surface area contributed by atoms with Crippen LogP contribution in [0.5, 0.6) is 5.75 Å². The van der Waals surface area contributed by atoms with Crippen LogP contribution in [0.2, 0.25) is 0 Å². The van der Waals surface area contributed by atoms with Gasteiger partial charge in [0, 0.05) is 12.5 Å². The van der Waals surface area contributed by atoms with Gasteiger partial charge in [-0.25, -0.2) is 0 Å². The van der Waals surface area contributed by atoms with Crippen LogP contribution in [-0.4, -0.2) is 31.9 Å². The Morgan fingerprint density at radius 3 is 2.87 bits per heavy atom. The maximum atomic E-state index is 12.3. The lowest BCUT2D eigenvalue weighted by molar-refractivity contribution is 0.0936. The van der Waals surface area contributed by atoms with Gasteiger partial charge in [-0.1, -0.05) is 23.4 Å². The third kappa shape index (κ3) is 3.19. The van der Waals surface area contributed by atoms with Gasteiger partial charge in [0.1, 0.15) is 11.8 Å². The zero-order valence-electron chi connectivity index (χ0n) is 12.4. The molecule has 8 nitrogen and oxygen atoms in total. The molecule has 0 unspecified atom stereocenters. The van der Waals surface area contributed by atoms with Crippen LogP contribution in [0.25, 0.3) is 0 Å². The van der Waals surface area contributed by atoms with Crippen molar-refractivity contribution in [1.29, 1.82) is 0 Å². The van der Waals surface area contributed by atoms with E-state index in [1.807, 2.05) is 18.2 Å². The summed E-state index contributed by atoms with van der Waals surface area (Å²) in [5.74, 6) is 0.974. The number of hydrogen-bond donors (Lipinski definition) is 1. The number of methoxy groups -OCH3 is 1. The van der Waals surface area contributed by atoms with Crippen molar-refractivity contribution in [2.24, 2.45) is 0 Å². The lowest BCUT2D eigenvalue weighted by atomic mass is 10.0. The van der Waals surface area contributed by atoms with E-state index in [0.717, 1.165) is 11.7 Å².